The SMILES string of the molecule is CCP(C)CCCP(CCCP(CC)CC)CCCP(CC)CC.C[CH-]C1CCCCC1.[C-]#[O+].[C-]#[O+].[C-]#[O+].[C-]#[O+].[V]. The molecule has 0 aliphatic heterocycles. The van der Waals surface area contributed by atoms with Crippen molar-refractivity contribution in [1.82, 2.24) is 0 Å². The van der Waals surface area contributed by atoms with Crippen LogP contribution < -0.4 is 0 Å². The van der Waals surface area contributed by atoms with Gasteiger partial charge in [-0.15, -0.1) is 31.7 Å². The van der Waals surface area contributed by atoms with Gasteiger partial charge in [0.15, 0.2) is 0 Å². The van der Waals surface area contributed by atoms with Gasteiger partial charge in [-0.2, -0.15) is 12.8 Å². The van der Waals surface area contributed by atoms with Crippen molar-refractivity contribution in [3.63, 3.8) is 0 Å². The van der Waals surface area contributed by atoms with Crippen molar-refractivity contribution in [2.75, 3.05) is 74.4 Å². The van der Waals surface area contributed by atoms with E-state index in [0.717, 1.165) is 5.92 Å². The second-order valence-electron chi connectivity index (χ2n) is 9.58. The second-order valence-corrected chi connectivity index (χ2v) is 21.2. The molecule has 0 aromatic heterocycles. The predicted molar refractivity (Wildman–Crippen MR) is 182 cm³/mol. The monoisotopic (exact) mass is 684 g/mol. The van der Waals surface area contributed by atoms with Crippen molar-refractivity contribution < 1.29 is 37.2 Å². The molecule has 0 heterocycles. The van der Waals surface area contributed by atoms with Crippen molar-refractivity contribution >= 4 is 31.7 Å². The van der Waals surface area contributed by atoms with E-state index in [1.165, 1.54) is 75.5 Å². The zero-order valence-electron chi connectivity index (χ0n) is 27.5. The smallest absolute Gasteiger partial charge is 0 e. The quantitative estimate of drug-likeness (QED) is 0.0783. The molecule has 1 radical (unpaired) electrons. The van der Waals surface area contributed by atoms with E-state index in [1.807, 2.05) is 0 Å². The fourth-order valence-electron chi connectivity index (χ4n) is 4.64. The van der Waals surface area contributed by atoms with Gasteiger partial charge in [0.25, 0.3) is 0 Å². The standard InChI is InChI=1S/C20H46P4.C8H15.4CO.V/c1-7-21(6)15-12-18-24(19-13-16-22(8-2)9-3)20-14-17-23(10-4)11-5;1-2-8-6-4-3-5-7-8;4*1-2;/h7-20H2,1-6H3;2,8H,3-7H2,1H3;;;;;/q;-1;;;;;. The molecule has 0 N–H and O–H groups in total. The van der Waals surface area contributed by atoms with E-state index >= 15 is 0 Å². The Morgan fingerprint density at radius 3 is 1.12 bits per heavy atom. The van der Waals surface area contributed by atoms with Crippen LogP contribution in [0.15, 0.2) is 0 Å². The van der Waals surface area contributed by atoms with Gasteiger partial charge in [0.05, 0.1) is 0 Å². The summed E-state index contributed by atoms with van der Waals surface area (Å²) in [7, 11) is 1.46. The van der Waals surface area contributed by atoms with Crippen LogP contribution in [-0.4, -0.2) is 74.4 Å². The molecule has 9 heteroatoms. The summed E-state index contributed by atoms with van der Waals surface area (Å²) in [5, 5.41) is 0. The van der Waals surface area contributed by atoms with E-state index in [1.54, 1.807) is 43.7 Å². The molecule has 1 fully saturated rings. The van der Waals surface area contributed by atoms with Crippen molar-refractivity contribution in [2.45, 2.75) is 92.9 Å². The molecule has 0 bridgehead atoms. The van der Waals surface area contributed by atoms with Gasteiger partial charge >= 0.3 is 45.2 Å². The Morgan fingerprint density at radius 1 is 0.537 bits per heavy atom. The molecule has 1 aliphatic rings. The summed E-state index contributed by atoms with van der Waals surface area (Å²) < 4.78 is 30.0. The van der Waals surface area contributed by atoms with E-state index in [4.69, 9.17) is 18.6 Å². The Labute approximate surface area is 274 Å². The first-order chi connectivity index (χ1) is 19.5. The van der Waals surface area contributed by atoms with E-state index in [0.29, 0.717) is 31.7 Å². The third-order valence-electron chi connectivity index (χ3n) is 7.36. The topological polar surface area (TPSA) is 79.6 Å². The summed E-state index contributed by atoms with van der Waals surface area (Å²) in [4.78, 5) is 0. The summed E-state index contributed by atoms with van der Waals surface area (Å²) in [6.45, 7) is 34.7. The van der Waals surface area contributed by atoms with Crippen LogP contribution in [0.5, 0.6) is 0 Å². The van der Waals surface area contributed by atoms with Gasteiger partial charge in [0.1, 0.15) is 0 Å². The van der Waals surface area contributed by atoms with E-state index in [2.05, 4.69) is 81.2 Å². The molecule has 1 rings (SSSR count). The molecule has 239 valence electrons. The normalized spacial score (nSPS) is 12.6. The van der Waals surface area contributed by atoms with Gasteiger partial charge in [-0.05, 0) is 93.7 Å². The average molecular weight is 685 g/mol. The van der Waals surface area contributed by atoms with Crippen LogP contribution in [0, 0.1) is 38.9 Å². The molecule has 1 unspecified atom stereocenters. The van der Waals surface area contributed by atoms with E-state index in [-0.39, 0.29) is 18.6 Å². The van der Waals surface area contributed by atoms with Crippen molar-refractivity contribution in [3.8, 4) is 0 Å². The van der Waals surface area contributed by atoms with Gasteiger partial charge < -0.3 is 6.42 Å². The van der Waals surface area contributed by atoms with Crippen LogP contribution in [0.25, 0.3) is 0 Å². The molecule has 0 saturated heterocycles. The number of hydrogen-bond donors (Lipinski definition) is 0. The molecular weight excluding hydrogens is 623 g/mol. The van der Waals surface area contributed by atoms with Gasteiger partial charge in [0, 0.05) is 18.6 Å². The molecule has 0 aromatic rings. The zero-order chi connectivity index (χ0) is 32.0. The van der Waals surface area contributed by atoms with Crippen molar-refractivity contribution in [1.29, 1.82) is 0 Å². The largest absolute Gasteiger partial charge is 0 e. The van der Waals surface area contributed by atoms with Gasteiger partial charge in [-0.3, -0.25) is 0 Å². The molecular formula is C32H61O4P4V-. The molecule has 0 aromatic carbocycles. The molecule has 4 nitrogen and oxygen atoms in total. The minimum absolute atomic E-state index is 0. The Bertz CT molecular complexity index is 491. The zero-order valence-corrected chi connectivity index (χ0v) is 32.4. The maximum absolute atomic E-state index is 7.50. The maximum atomic E-state index is 7.50. The first kappa shape index (κ1) is 54.7. The van der Waals surface area contributed by atoms with Crippen molar-refractivity contribution in [3.05, 3.63) is 33.0 Å². The molecule has 1 saturated carbocycles. The van der Waals surface area contributed by atoms with Crippen molar-refractivity contribution in [2.24, 2.45) is 5.92 Å². The first-order valence-corrected chi connectivity index (χ1v) is 22.9. The molecule has 1 aliphatic carbocycles. The minimum atomic E-state index is 0. The number of rotatable bonds is 18. The van der Waals surface area contributed by atoms with E-state index in [9.17, 15) is 0 Å². The van der Waals surface area contributed by atoms with Gasteiger partial charge in [0.2, 0.25) is 0 Å². The maximum Gasteiger partial charge on any atom is 0 e. The van der Waals surface area contributed by atoms with Crippen LogP contribution in [0.4, 0.5) is 0 Å². The Hall–Kier alpha value is 1.26. The first-order valence-electron chi connectivity index (χ1n) is 15.0. The molecule has 1 atom stereocenters. The third kappa shape index (κ3) is 41.3. The average Bonchev–Trinajstić information content (AvgIpc) is 3.05. The van der Waals surface area contributed by atoms with Crippen LogP contribution in [0.1, 0.15) is 92.9 Å². The van der Waals surface area contributed by atoms with Gasteiger partial charge in [-0.25, -0.2) is 0 Å². The Balaban J connectivity index is -0.000000149. The van der Waals surface area contributed by atoms with Gasteiger partial charge in [-0.1, -0.05) is 66.7 Å². The summed E-state index contributed by atoms with van der Waals surface area (Å²) in [6.07, 6.45) is 31.0. The van der Waals surface area contributed by atoms with Crippen LogP contribution >= 0.6 is 31.7 Å². The fourth-order valence-corrected chi connectivity index (χ4v) is 12.3. The second kappa shape index (κ2) is 50.9. The minimum Gasteiger partial charge on any atom is 0 e. The fraction of sp³-hybridized carbons (Fsp3) is 0.844. The summed E-state index contributed by atoms with van der Waals surface area (Å²) >= 11 is 0. The summed E-state index contributed by atoms with van der Waals surface area (Å²) in [5.41, 5.74) is 0. The number of hydrogen-bond acceptors (Lipinski definition) is 0. The molecule has 0 spiro atoms. The predicted octanol–water partition coefficient (Wildman–Crippen LogP) is 10.5. The van der Waals surface area contributed by atoms with Crippen LogP contribution in [0.2, 0.25) is 0 Å². The van der Waals surface area contributed by atoms with Crippen LogP contribution in [0.3, 0.4) is 0 Å². The van der Waals surface area contributed by atoms with Crippen LogP contribution in [-0.2, 0) is 37.2 Å². The third-order valence-corrected chi connectivity index (χ3v) is 17.8. The summed E-state index contributed by atoms with van der Waals surface area (Å²) in [5.74, 6) is 0.962. The Kier molecular flexibility index (Phi) is 67.9. The summed E-state index contributed by atoms with van der Waals surface area (Å²) in [6, 6.07) is 0. The molecule has 0 amide bonds. The molecule has 41 heavy (non-hydrogen) atoms. The Morgan fingerprint density at radius 2 is 0.854 bits per heavy atom. The van der Waals surface area contributed by atoms with E-state index < -0.39 is 0 Å².